The lowest BCUT2D eigenvalue weighted by Gasteiger charge is -2.37. The van der Waals surface area contributed by atoms with Crippen molar-refractivity contribution in [2.24, 2.45) is 5.92 Å². The Balaban J connectivity index is 2.75. The lowest BCUT2D eigenvalue weighted by Crippen LogP contribution is -2.47. The number of cyclic esters (lactones) is 1. The third-order valence-electron chi connectivity index (χ3n) is 2.71. The molecule has 4 nitrogen and oxygen atoms in total. The minimum atomic E-state index is -0.772. The fraction of sp³-hybridized carbons (Fsp3) is 0.636. The zero-order chi connectivity index (χ0) is 11.6. The smallest absolute Gasteiger partial charge is 0.333 e. The molecule has 0 N–H and O–H groups in total. The predicted molar refractivity (Wildman–Crippen MR) is 54.1 cm³/mol. The fourth-order valence-electron chi connectivity index (χ4n) is 1.34. The van der Waals surface area contributed by atoms with Crippen LogP contribution in [0.4, 0.5) is 0 Å². The summed E-state index contributed by atoms with van der Waals surface area (Å²) in [5.41, 5.74) is -0.437. The molecule has 1 rings (SSSR count). The molecule has 1 heterocycles. The van der Waals surface area contributed by atoms with Gasteiger partial charge in [-0.15, -0.1) is 0 Å². The van der Waals surface area contributed by atoms with Gasteiger partial charge in [0.1, 0.15) is 5.60 Å². The zero-order valence-electron chi connectivity index (χ0n) is 9.33. The van der Waals surface area contributed by atoms with Gasteiger partial charge in [-0.2, -0.15) is 0 Å². The van der Waals surface area contributed by atoms with E-state index in [2.05, 4.69) is 6.58 Å². The van der Waals surface area contributed by atoms with Crippen molar-refractivity contribution in [3.05, 3.63) is 12.2 Å². The van der Waals surface area contributed by atoms with Gasteiger partial charge in [0.05, 0.1) is 13.0 Å². The van der Waals surface area contributed by atoms with Gasteiger partial charge in [-0.25, -0.2) is 4.79 Å². The molecule has 0 aromatic rings. The summed E-state index contributed by atoms with van der Waals surface area (Å²) in [5, 5.41) is 0. The van der Waals surface area contributed by atoms with Crippen LogP contribution in [0.25, 0.3) is 0 Å². The van der Waals surface area contributed by atoms with Crippen LogP contribution in [0.3, 0.4) is 0 Å². The summed E-state index contributed by atoms with van der Waals surface area (Å²) < 4.78 is 10.2. The van der Waals surface area contributed by atoms with Gasteiger partial charge in [0, 0.05) is 11.5 Å². The maximum absolute atomic E-state index is 11.4. The van der Waals surface area contributed by atoms with Gasteiger partial charge >= 0.3 is 11.9 Å². The molecule has 0 radical (unpaired) electrons. The van der Waals surface area contributed by atoms with Crippen LogP contribution in [0.2, 0.25) is 0 Å². The van der Waals surface area contributed by atoms with Crippen molar-refractivity contribution in [1.29, 1.82) is 0 Å². The van der Waals surface area contributed by atoms with Crippen LogP contribution in [-0.4, -0.2) is 24.1 Å². The number of hydrogen-bond donors (Lipinski definition) is 0. The fourth-order valence-corrected chi connectivity index (χ4v) is 1.34. The highest BCUT2D eigenvalue weighted by atomic mass is 16.6. The highest BCUT2D eigenvalue weighted by Gasteiger charge is 2.42. The molecule has 0 saturated carbocycles. The van der Waals surface area contributed by atoms with E-state index in [1.165, 1.54) is 0 Å². The largest absolute Gasteiger partial charge is 0.465 e. The summed E-state index contributed by atoms with van der Waals surface area (Å²) in [6, 6.07) is 0. The van der Waals surface area contributed by atoms with E-state index in [0.717, 1.165) is 0 Å². The Morgan fingerprint density at radius 1 is 1.67 bits per heavy atom. The van der Waals surface area contributed by atoms with E-state index in [1.54, 1.807) is 13.8 Å². The van der Waals surface area contributed by atoms with E-state index < -0.39 is 11.6 Å². The standard InChI is InChI=1S/C11H16O4/c1-7(2)10(13)15-11(4)5-9(12)14-6-8(11)3/h8H,1,5-6H2,2-4H3/t8-,11+/m1/s1. The first-order chi connectivity index (χ1) is 6.85. The van der Waals surface area contributed by atoms with Crippen LogP contribution in [0.1, 0.15) is 27.2 Å². The molecule has 0 spiro atoms. The monoisotopic (exact) mass is 212 g/mol. The second-order valence-electron chi connectivity index (χ2n) is 4.24. The Morgan fingerprint density at radius 2 is 2.27 bits per heavy atom. The molecule has 0 aromatic carbocycles. The molecule has 0 bridgehead atoms. The van der Waals surface area contributed by atoms with Crippen molar-refractivity contribution < 1.29 is 19.1 Å². The average Bonchev–Trinajstić information content (AvgIpc) is 2.11. The van der Waals surface area contributed by atoms with Gasteiger partial charge in [-0.3, -0.25) is 4.79 Å². The number of carbonyl (C=O) groups is 2. The van der Waals surface area contributed by atoms with Gasteiger partial charge in [0.2, 0.25) is 0 Å². The van der Waals surface area contributed by atoms with Crippen LogP contribution in [0, 0.1) is 5.92 Å². The molecule has 4 heteroatoms. The van der Waals surface area contributed by atoms with Crippen molar-refractivity contribution in [3.63, 3.8) is 0 Å². The molecule has 84 valence electrons. The predicted octanol–water partition coefficient (Wildman–Crippen LogP) is 1.45. The van der Waals surface area contributed by atoms with Crippen LogP contribution in [-0.2, 0) is 19.1 Å². The summed E-state index contributed by atoms with van der Waals surface area (Å²) in [4.78, 5) is 22.5. The number of ether oxygens (including phenoxy) is 2. The van der Waals surface area contributed by atoms with E-state index in [-0.39, 0.29) is 18.3 Å². The Bertz CT molecular complexity index is 308. The molecule has 1 aliphatic heterocycles. The second-order valence-corrected chi connectivity index (χ2v) is 4.24. The van der Waals surface area contributed by atoms with Crippen molar-refractivity contribution in [3.8, 4) is 0 Å². The van der Waals surface area contributed by atoms with Crippen LogP contribution >= 0.6 is 0 Å². The van der Waals surface area contributed by atoms with Crippen molar-refractivity contribution in [2.75, 3.05) is 6.61 Å². The Labute approximate surface area is 89.2 Å². The summed E-state index contributed by atoms with van der Waals surface area (Å²) in [7, 11) is 0. The lowest BCUT2D eigenvalue weighted by atomic mass is 9.86. The molecule has 0 amide bonds. The normalized spacial score (nSPS) is 30.6. The number of rotatable bonds is 2. The first kappa shape index (κ1) is 11.8. The highest BCUT2D eigenvalue weighted by Crippen LogP contribution is 2.31. The molecule has 1 aliphatic rings. The average molecular weight is 212 g/mol. The van der Waals surface area contributed by atoms with E-state index in [9.17, 15) is 9.59 Å². The molecule has 1 saturated heterocycles. The number of carbonyl (C=O) groups excluding carboxylic acids is 2. The van der Waals surface area contributed by atoms with Gasteiger partial charge in [-0.05, 0) is 13.8 Å². The lowest BCUT2D eigenvalue weighted by molar-refractivity contribution is -0.181. The third kappa shape index (κ3) is 2.58. The molecule has 0 unspecified atom stereocenters. The highest BCUT2D eigenvalue weighted by molar-refractivity contribution is 5.87. The summed E-state index contributed by atoms with van der Waals surface area (Å²) in [5.74, 6) is -0.789. The van der Waals surface area contributed by atoms with Crippen molar-refractivity contribution >= 4 is 11.9 Å². The first-order valence-corrected chi connectivity index (χ1v) is 4.89. The summed E-state index contributed by atoms with van der Waals surface area (Å²) in [6.45, 7) is 9.01. The van der Waals surface area contributed by atoms with Gasteiger partial charge in [0.15, 0.2) is 0 Å². The SMILES string of the molecule is C=C(C)C(=O)O[C@@]1(C)CC(=O)OC[C@H]1C. The molecule has 0 aliphatic carbocycles. The van der Waals surface area contributed by atoms with Gasteiger partial charge in [0.25, 0.3) is 0 Å². The van der Waals surface area contributed by atoms with E-state index >= 15 is 0 Å². The topological polar surface area (TPSA) is 52.6 Å². The minimum absolute atomic E-state index is 0.00139. The quantitative estimate of drug-likeness (QED) is 0.513. The van der Waals surface area contributed by atoms with Gasteiger partial charge < -0.3 is 9.47 Å². The Hall–Kier alpha value is -1.32. The summed E-state index contributed by atoms with van der Waals surface area (Å²) in [6.07, 6.45) is 0.104. The molecule has 0 aromatic heterocycles. The van der Waals surface area contributed by atoms with E-state index in [4.69, 9.17) is 9.47 Å². The van der Waals surface area contributed by atoms with E-state index in [0.29, 0.717) is 12.2 Å². The minimum Gasteiger partial charge on any atom is -0.465 e. The Morgan fingerprint density at radius 3 is 2.80 bits per heavy atom. The summed E-state index contributed by atoms with van der Waals surface area (Å²) >= 11 is 0. The third-order valence-corrected chi connectivity index (χ3v) is 2.71. The van der Waals surface area contributed by atoms with Crippen LogP contribution < -0.4 is 0 Å². The number of esters is 2. The van der Waals surface area contributed by atoms with Crippen molar-refractivity contribution in [2.45, 2.75) is 32.8 Å². The molecule has 15 heavy (non-hydrogen) atoms. The molecule has 1 fully saturated rings. The van der Waals surface area contributed by atoms with Crippen LogP contribution in [0.15, 0.2) is 12.2 Å². The molecule has 2 atom stereocenters. The zero-order valence-corrected chi connectivity index (χ0v) is 9.33. The number of hydrogen-bond acceptors (Lipinski definition) is 4. The van der Waals surface area contributed by atoms with E-state index in [1.807, 2.05) is 6.92 Å². The van der Waals surface area contributed by atoms with Crippen molar-refractivity contribution in [1.82, 2.24) is 0 Å². The maximum atomic E-state index is 11.4. The second kappa shape index (κ2) is 4.04. The first-order valence-electron chi connectivity index (χ1n) is 4.89. The molecular weight excluding hydrogens is 196 g/mol. The maximum Gasteiger partial charge on any atom is 0.333 e. The van der Waals surface area contributed by atoms with Gasteiger partial charge in [-0.1, -0.05) is 13.5 Å². The Kier molecular flexibility index (Phi) is 3.17. The molecular formula is C11H16O4. The van der Waals surface area contributed by atoms with Crippen LogP contribution in [0.5, 0.6) is 0 Å².